The third-order valence-electron chi connectivity index (χ3n) is 8.83. The molecule has 0 aliphatic carbocycles. The number of hydrogen-bond acceptors (Lipinski definition) is 6. The maximum atomic E-state index is 13.9. The molecule has 1 fully saturated rings. The van der Waals surface area contributed by atoms with Gasteiger partial charge in [0.2, 0.25) is 10.0 Å². The molecule has 0 bridgehead atoms. The summed E-state index contributed by atoms with van der Waals surface area (Å²) in [5.74, 6) is -0.816. The van der Waals surface area contributed by atoms with Gasteiger partial charge in [0, 0.05) is 19.5 Å². The van der Waals surface area contributed by atoms with E-state index in [2.05, 4.69) is 13.8 Å². The zero-order chi connectivity index (χ0) is 36.3. The predicted octanol–water partition coefficient (Wildman–Crippen LogP) is 7.63. The second-order valence-corrected chi connectivity index (χ2v) is 16.6. The summed E-state index contributed by atoms with van der Waals surface area (Å²) in [6, 6.07) is 25.8. The highest BCUT2D eigenvalue weighted by molar-refractivity contribution is 7.90. The third-order valence-corrected chi connectivity index (χ3v) is 12.0. The van der Waals surface area contributed by atoms with Crippen molar-refractivity contribution >= 4 is 26.0 Å². The minimum Gasteiger partial charge on any atom is -0.478 e. The van der Waals surface area contributed by atoms with Crippen molar-refractivity contribution in [3.63, 3.8) is 0 Å². The molecule has 4 aromatic rings. The van der Waals surface area contributed by atoms with Crippen LogP contribution in [0.4, 0.5) is 13.2 Å². The number of amides is 1. The van der Waals surface area contributed by atoms with Gasteiger partial charge >= 0.3 is 6.18 Å². The number of benzene rings is 4. The number of para-hydroxylation sites is 1. The average molecular weight is 729 g/mol. The summed E-state index contributed by atoms with van der Waals surface area (Å²) in [6.07, 6.45) is -3.68. The molecular formula is C37H39F3N2O6S2. The molecule has 50 heavy (non-hydrogen) atoms. The van der Waals surface area contributed by atoms with Crippen LogP contribution in [-0.2, 0) is 31.0 Å². The van der Waals surface area contributed by atoms with Crippen molar-refractivity contribution in [3.8, 4) is 16.9 Å². The number of nitrogens with zero attached hydrogens (tertiary/aromatic N) is 1. The van der Waals surface area contributed by atoms with Gasteiger partial charge in [0.25, 0.3) is 15.9 Å². The Morgan fingerprint density at radius 1 is 0.860 bits per heavy atom. The van der Waals surface area contributed by atoms with Gasteiger partial charge in [-0.1, -0.05) is 68.4 Å². The standard InChI is InChI=1S/C37H39F3N2O6S2/c1-26(2)28-14-16-29(17-15-28)30-10-7-13-34(23-30)50(46,47)42-22-8-9-27(25-42)24-36(3,48-32-11-5-4-6-12-32)35(43)41-49(44,45)33-20-18-31(19-21-33)37(38,39)40/h4-7,10-21,23,26-27H,8-9,22,24-25H2,1-3H3,(H,41,43). The lowest BCUT2D eigenvalue weighted by molar-refractivity contribution is -0.137. The summed E-state index contributed by atoms with van der Waals surface area (Å²) >= 11 is 0. The molecule has 1 saturated heterocycles. The molecule has 5 rings (SSSR count). The van der Waals surface area contributed by atoms with Crippen molar-refractivity contribution in [1.82, 2.24) is 9.03 Å². The molecule has 1 aliphatic rings. The van der Waals surface area contributed by atoms with E-state index in [1.54, 1.807) is 48.5 Å². The fraction of sp³-hybridized carbons (Fsp3) is 0.324. The first-order valence-electron chi connectivity index (χ1n) is 16.2. The van der Waals surface area contributed by atoms with E-state index in [0.29, 0.717) is 30.9 Å². The van der Waals surface area contributed by atoms with Crippen LogP contribution in [0, 0.1) is 5.92 Å². The summed E-state index contributed by atoms with van der Waals surface area (Å²) in [5, 5.41) is 0. The van der Waals surface area contributed by atoms with Gasteiger partial charge in [-0.05, 0) is 96.8 Å². The molecule has 0 aromatic heterocycles. The quantitative estimate of drug-likeness (QED) is 0.170. The van der Waals surface area contributed by atoms with Gasteiger partial charge in [0.15, 0.2) is 5.60 Å². The van der Waals surface area contributed by atoms with E-state index in [9.17, 15) is 34.8 Å². The molecule has 266 valence electrons. The highest BCUT2D eigenvalue weighted by Gasteiger charge is 2.43. The topological polar surface area (TPSA) is 110 Å². The number of alkyl halides is 3. The van der Waals surface area contributed by atoms with Crippen LogP contribution in [-0.4, -0.2) is 45.7 Å². The average Bonchev–Trinajstić information content (AvgIpc) is 3.08. The van der Waals surface area contributed by atoms with Crippen LogP contribution in [0.25, 0.3) is 11.1 Å². The van der Waals surface area contributed by atoms with Crippen molar-refractivity contribution in [3.05, 3.63) is 114 Å². The minimum absolute atomic E-state index is 0.0511. The highest BCUT2D eigenvalue weighted by atomic mass is 32.2. The number of nitrogens with one attached hydrogen (secondary N) is 1. The number of ether oxygens (including phenoxy) is 1. The molecule has 1 aliphatic heterocycles. The lowest BCUT2D eigenvalue weighted by atomic mass is 9.86. The Morgan fingerprint density at radius 3 is 2.14 bits per heavy atom. The number of piperidine rings is 1. The van der Waals surface area contributed by atoms with E-state index in [0.717, 1.165) is 23.3 Å². The number of halogens is 3. The van der Waals surface area contributed by atoms with Crippen LogP contribution in [0.1, 0.15) is 57.1 Å². The van der Waals surface area contributed by atoms with Crippen molar-refractivity contribution in [1.29, 1.82) is 0 Å². The van der Waals surface area contributed by atoms with Crippen molar-refractivity contribution in [2.75, 3.05) is 13.1 Å². The Bertz CT molecular complexity index is 2020. The number of carbonyl (C=O) groups excluding carboxylic acids is 1. The van der Waals surface area contributed by atoms with Gasteiger partial charge in [-0.15, -0.1) is 0 Å². The Hall–Kier alpha value is -4.20. The van der Waals surface area contributed by atoms with Gasteiger partial charge in [0.1, 0.15) is 5.75 Å². The Labute approximate surface area is 291 Å². The molecule has 0 radical (unpaired) electrons. The zero-order valence-electron chi connectivity index (χ0n) is 27.9. The van der Waals surface area contributed by atoms with Crippen LogP contribution in [0.3, 0.4) is 0 Å². The number of carbonyl (C=O) groups is 1. The van der Waals surface area contributed by atoms with Gasteiger partial charge in [-0.2, -0.15) is 17.5 Å². The van der Waals surface area contributed by atoms with E-state index in [1.807, 2.05) is 35.1 Å². The van der Waals surface area contributed by atoms with Crippen molar-refractivity contribution < 1.29 is 39.5 Å². The van der Waals surface area contributed by atoms with E-state index in [1.165, 1.54) is 16.8 Å². The molecule has 8 nitrogen and oxygen atoms in total. The molecule has 1 amide bonds. The van der Waals surface area contributed by atoms with Crippen LogP contribution in [0.15, 0.2) is 113 Å². The first kappa shape index (κ1) is 37.1. The molecule has 4 aromatic carbocycles. The summed E-state index contributed by atoms with van der Waals surface area (Å²) in [6.45, 7) is 5.93. The lowest BCUT2D eigenvalue weighted by Gasteiger charge is -2.37. The van der Waals surface area contributed by atoms with Gasteiger partial charge < -0.3 is 4.74 Å². The molecule has 1 N–H and O–H groups in total. The molecule has 1 heterocycles. The first-order valence-corrected chi connectivity index (χ1v) is 19.1. The normalized spacial score (nSPS) is 17.2. The molecule has 0 saturated carbocycles. The monoisotopic (exact) mass is 728 g/mol. The fourth-order valence-electron chi connectivity index (χ4n) is 6.05. The van der Waals surface area contributed by atoms with E-state index in [4.69, 9.17) is 4.74 Å². The summed E-state index contributed by atoms with van der Waals surface area (Å²) in [4.78, 5) is 13.4. The largest absolute Gasteiger partial charge is 0.478 e. The number of hydrogen-bond donors (Lipinski definition) is 1. The number of sulfonamides is 2. The summed E-state index contributed by atoms with van der Waals surface area (Å²) < 4.78 is 103. The SMILES string of the molecule is CC(C)c1ccc(-c2cccc(S(=O)(=O)N3CCCC(CC(C)(Oc4ccccc4)C(=O)NS(=O)(=O)c4ccc(C(F)(F)F)cc4)C3)c2)cc1. The van der Waals surface area contributed by atoms with Crippen LogP contribution >= 0.6 is 0 Å². The lowest BCUT2D eigenvalue weighted by Crippen LogP contribution is -2.53. The van der Waals surface area contributed by atoms with E-state index in [-0.39, 0.29) is 30.2 Å². The summed E-state index contributed by atoms with van der Waals surface area (Å²) in [5.41, 5.74) is -0.0339. The Morgan fingerprint density at radius 2 is 1.52 bits per heavy atom. The van der Waals surface area contributed by atoms with Gasteiger partial charge in [0.05, 0.1) is 15.4 Å². The second kappa shape index (κ2) is 14.6. The second-order valence-electron chi connectivity index (χ2n) is 13.0. The van der Waals surface area contributed by atoms with E-state index < -0.39 is 54.1 Å². The predicted molar refractivity (Wildman–Crippen MR) is 184 cm³/mol. The van der Waals surface area contributed by atoms with Gasteiger partial charge in [-0.25, -0.2) is 21.6 Å². The van der Waals surface area contributed by atoms with Crippen molar-refractivity contribution in [2.45, 2.75) is 67.5 Å². The Balaban J connectivity index is 1.37. The van der Waals surface area contributed by atoms with E-state index >= 15 is 0 Å². The summed E-state index contributed by atoms with van der Waals surface area (Å²) in [7, 11) is -8.54. The molecule has 2 unspecified atom stereocenters. The Kier molecular flexibility index (Phi) is 10.8. The third kappa shape index (κ3) is 8.56. The zero-order valence-corrected chi connectivity index (χ0v) is 29.5. The first-order chi connectivity index (χ1) is 23.5. The molecule has 0 spiro atoms. The van der Waals surface area contributed by atoms with Crippen LogP contribution in [0.2, 0.25) is 0 Å². The highest BCUT2D eigenvalue weighted by Crippen LogP contribution is 2.34. The minimum atomic E-state index is -4.67. The van der Waals surface area contributed by atoms with Crippen molar-refractivity contribution in [2.24, 2.45) is 5.92 Å². The van der Waals surface area contributed by atoms with Crippen LogP contribution < -0.4 is 9.46 Å². The molecular weight excluding hydrogens is 690 g/mol. The molecule has 13 heteroatoms. The maximum absolute atomic E-state index is 13.9. The maximum Gasteiger partial charge on any atom is 0.416 e. The molecule has 2 atom stereocenters. The smallest absolute Gasteiger partial charge is 0.416 e. The number of rotatable bonds is 11. The van der Waals surface area contributed by atoms with Crippen LogP contribution in [0.5, 0.6) is 5.75 Å². The van der Waals surface area contributed by atoms with Gasteiger partial charge in [-0.3, -0.25) is 4.79 Å². The fourth-order valence-corrected chi connectivity index (χ4v) is 8.72.